The average Bonchev–Trinajstić information content (AvgIpc) is 2.56. The topological polar surface area (TPSA) is 101 Å². The van der Waals surface area contributed by atoms with Gasteiger partial charge in [0.15, 0.2) is 0 Å². The average molecular weight is 354 g/mol. The highest BCUT2D eigenvalue weighted by atomic mass is 16.3. The minimum absolute atomic E-state index is 0.0187. The number of phenols is 3. The monoisotopic (exact) mass is 354 g/mol. The van der Waals surface area contributed by atoms with Crippen molar-refractivity contribution in [2.45, 2.75) is 25.9 Å². The van der Waals surface area contributed by atoms with Gasteiger partial charge in [-0.15, -0.1) is 0 Å². The van der Waals surface area contributed by atoms with Crippen molar-refractivity contribution in [3.8, 4) is 17.2 Å². The zero-order chi connectivity index (χ0) is 18.8. The predicted octanol–water partition coefficient (Wildman–Crippen LogP) is 3.23. The zero-order valence-electron chi connectivity index (χ0n) is 14.4. The number of hydrogen-bond acceptors (Lipinski definition) is 5. The van der Waals surface area contributed by atoms with Crippen molar-refractivity contribution in [1.82, 2.24) is 0 Å². The third kappa shape index (κ3) is 3.83. The van der Waals surface area contributed by atoms with Crippen LogP contribution in [-0.2, 0) is 12.8 Å². The highest BCUT2D eigenvalue weighted by Crippen LogP contribution is 2.33. The Hall–Kier alpha value is -2.92. The summed E-state index contributed by atoms with van der Waals surface area (Å²) in [7, 11) is 0. The molecule has 5 heteroatoms. The van der Waals surface area contributed by atoms with E-state index in [-0.39, 0.29) is 28.9 Å². The van der Waals surface area contributed by atoms with Crippen molar-refractivity contribution in [1.29, 1.82) is 0 Å². The van der Waals surface area contributed by atoms with Crippen LogP contribution in [0.3, 0.4) is 0 Å². The number of aryl methyl sites for hydroxylation is 1. The molecule has 0 saturated heterocycles. The van der Waals surface area contributed by atoms with Crippen molar-refractivity contribution in [2.24, 2.45) is 5.92 Å². The van der Waals surface area contributed by atoms with Gasteiger partial charge >= 0.3 is 0 Å². The molecule has 26 heavy (non-hydrogen) atoms. The summed E-state index contributed by atoms with van der Waals surface area (Å²) in [6, 6.07) is 8.10. The molecule has 0 amide bonds. The first-order valence-corrected chi connectivity index (χ1v) is 8.42. The molecule has 2 atom stereocenters. The number of hydrogen-bond donors (Lipinski definition) is 5. The molecule has 0 aliphatic heterocycles. The summed E-state index contributed by atoms with van der Waals surface area (Å²) in [6.45, 7) is 1.92. The van der Waals surface area contributed by atoms with Crippen LogP contribution >= 0.6 is 0 Å². The van der Waals surface area contributed by atoms with Crippen molar-refractivity contribution in [3.63, 3.8) is 0 Å². The largest absolute Gasteiger partial charge is 0.508 e. The van der Waals surface area contributed by atoms with Crippen LogP contribution in [0.5, 0.6) is 17.2 Å². The lowest BCUT2D eigenvalue weighted by Crippen LogP contribution is -2.21. The molecule has 2 aromatic carbocycles. The molecule has 0 heterocycles. The molecule has 5 N–H and O–H groups in total. The maximum absolute atomic E-state index is 10.7. The number of aromatic hydroxyl groups is 3. The van der Waals surface area contributed by atoms with Gasteiger partial charge in [0.05, 0.1) is 6.10 Å². The molecule has 1 aliphatic rings. The lowest BCUT2D eigenvalue weighted by molar-refractivity contribution is 0.168. The van der Waals surface area contributed by atoms with E-state index in [0.717, 1.165) is 5.56 Å². The van der Waals surface area contributed by atoms with Gasteiger partial charge in [-0.05, 0) is 48.3 Å². The fourth-order valence-electron chi connectivity index (χ4n) is 3.26. The van der Waals surface area contributed by atoms with E-state index in [2.05, 4.69) is 0 Å². The van der Waals surface area contributed by atoms with E-state index in [9.17, 15) is 25.5 Å². The Balaban J connectivity index is 1.88. The third-order valence-corrected chi connectivity index (χ3v) is 4.61. The molecule has 3 rings (SSSR count). The van der Waals surface area contributed by atoms with Gasteiger partial charge < -0.3 is 25.5 Å². The van der Waals surface area contributed by atoms with E-state index in [4.69, 9.17) is 0 Å². The molecular formula is C21H22O5. The highest BCUT2D eigenvalue weighted by Gasteiger charge is 2.21. The van der Waals surface area contributed by atoms with Gasteiger partial charge in [-0.25, -0.2) is 0 Å². The van der Waals surface area contributed by atoms with Gasteiger partial charge in [0.2, 0.25) is 0 Å². The summed E-state index contributed by atoms with van der Waals surface area (Å²) in [6.07, 6.45) is 4.57. The van der Waals surface area contributed by atoms with Crippen LogP contribution in [0.4, 0.5) is 0 Å². The first kappa shape index (κ1) is 17.9. The van der Waals surface area contributed by atoms with Crippen LogP contribution in [0, 0.1) is 12.8 Å². The molecule has 0 radical (unpaired) electrons. The molecule has 0 bridgehead atoms. The van der Waals surface area contributed by atoms with E-state index < -0.39 is 6.10 Å². The number of aliphatic hydroxyl groups excluding tert-OH is 2. The van der Waals surface area contributed by atoms with Gasteiger partial charge in [0, 0.05) is 18.4 Å². The maximum atomic E-state index is 10.7. The van der Waals surface area contributed by atoms with Gasteiger partial charge in [0.25, 0.3) is 0 Å². The van der Waals surface area contributed by atoms with Gasteiger partial charge in [0.1, 0.15) is 23.0 Å². The Bertz CT molecular complexity index is 882. The SMILES string of the molecule is Cc1cc(Cc2ccc(O)cc2O)c(O)c(CC2C=CC(O)=CC2O)c1. The van der Waals surface area contributed by atoms with E-state index >= 15 is 0 Å². The second-order valence-electron chi connectivity index (χ2n) is 6.73. The van der Waals surface area contributed by atoms with Crippen molar-refractivity contribution >= 4 is 0 Å². The maximum Gasteiger partial charge on any atom is 0.122 e. The summed E-state index contributed by atoms with van der Waals surface area (Å²) in [5.41, 5.74) is 2.91. The fourth-order valence-corrected chi connectivity index (χ4v) is 3.26. The van der Waals surface area contributed by atoms with E-state index in [1.807, 2.05) is 19.1 Å². The quantitative estimate of drug-likeness (QED) is 0.580. The van der Waals surface area contributed by atoms with Crippen LogP contribution in [0.15, 0.2) is 54.3 Å². The van der Waals surface area contributed by atoms with Gasteiger partial charge in [-0.1, -0.05) is 29.8 Å². The Morgan fingerprint density at radius 3 is 2.35 bits per heavy atom. The van der Waals surface area contributed by atoms with E-state index in [1.54, 1.807) is 18.2 Å². The Morgan fingerprint density at radius 2 is 1.65 bits per heavy atom. The molecule has 1 aliphatic carbocycles. The lowest BCUT2D eigenvalue weighted by atomic mass is 9.88. The smallest absolute Gasteiger partial charge is 0.122 e. The molecule has 5 nitrogen and oxygen atoms in total. The van der Waals surface area contributed by atoms with Crippen molar-refractivity contribution in [2.75, 3.05) is 0 Å². The van der Waals surface area contributed by atoms with Crippen molar-refractivity contribution in [3.05, 3.63) is 76.6 Å². The predicted molar refractivity (Wildman–Crippen MR) is 98.5 cm³/mol. The molecule has 0 spiro atoms. The van der Waals surface area contributed by atoms with Gasteiger partial charge in [-0.3, -0.25) is 0 Å². The molecule has 136 valence electrons. The zero-order valence-corrected chi connectivity index (χ0v) is 14.4. The summed E-state index contributed by atoms with van der Waals surface area (Å²) < 4.78 is 0. The first-order valence-electron chi connectivity index (χ1n) is 8.42. The minimum atomic E-state index is -0.815. The Kier molecular flexibility index (Phi) is 4.91. The van der Waals surface area contributed by atoms with E-state index in [0.29, 0.717) is 29.5 Å². The standard InChI is InChI=1S/C21H22O5/c1-12-6-15(8-13-2-4-17(22)10-19(13)24)21(26)16(7-12)9-14-3-5-18(23)11-20(14)25/h2-7,10-11,13,19,22-26H,8-9H2,1H3. The fraction of sp³-hybridized carbons (Fsp3) is 0.238. The van der Waals surface area contributed by atoms with Gasteiger partial charge in [-0.2, -0.15) is 0 Å². The Morgan fingerprint density at radius 1 is 0.923 bits per heavy atom. The number of allylic oxidation sites excluding steroid dienone is 1. The Labute approximate surface area is 151 Å². The minimum Gasteiger partial charge on any atom is -0.508 e. The van der Waals surface area contributed by atoms with Crippen molar-refractivity contribution < 1.29 is 25.5 Å². The molecule has 0 fully saturated rings. The molecular weight excluding hydrogens is 332 g/mol. The number of benzene rings is 2. The van der Waals surface area contributed by atoms with Crippen LogP contribution in [-0.4, -0.2) is 31.6 Å². The highest BCUT2D eigenvalue weighted by molar-refractivity contribution is 5.49. The molecule has 0 saturated carbocycles. The second-order valence-corrected chi connectivity index (χ2v) is 6.73. The number of rotatable bonds is 4. The second kappa shape index (κ2) is 7.14. The number of phenolic OH excluding ortho intramolecular Hbond substituents is 3. The third-order valence-electron chi connectivity index (χ3n) is 4.61. The number of aliphatic hydroxyl groups is 2. The van der Waals surface area contributed by atoms with Crippen LogP contribution < -0.4 is 0 Å². The summed E-state index contributed by atoms with van der Waals surface area (Å²) in [5, 5.41) is 49.6. The molecule has 2 aromatic rings. The summed E-state index contributed by atoms with van der Waals surface area (Å²) in [5.74, 6) is -0.129. The normalized spacial score (nSPS) is 19.4. The lowest BCUT2D eigenvalue weighted by Gasteiger charge is -2.22. The van der Waals surface area contributed by atoms with Crippen LogP contribution in [0.1, 0.15) is 22.3 Å². The first-order chi connectivity index (χ1) is 12.3. The molecule has 2 unspecified atom stereocenters. The van der Waals surface area contributed by atoms with E-state index in [1.165, 1.54) is 18.2 Å². The van der Waals surface area contributed by atoms with Crippen LogP contribution in [0.25, 0.3) is 0 Å². The summed E-state index contributed by atoms with van der Waals surface area (Å²) in [4.78, 5) is 0. The molecule has 0 aromatic heterocycles. The van der Waals surface area contributed by atoms with Crippen LogP contribution in [0.2, 0.25) is 0 Å². The summed E-state index contributed by atoms with van der Waals surface area (Å²) >= 11 is 0.